The number of imide groups is 1. The summed E-state index contributed by atoms with van der Waals surface area (Å²) in [6, 6.07) is 25.3. The van der Waals surface area contributed by atoms with Gasteiger partial charge in [0.1, 0.15) is 11.4 Å². The number of hydrogen-bond donors (Lipinski definition) is 2. The molecule has 0 aliphatic carbocycles. The Morgan fingerprint density at radius 2 is 1.76 bits per heavy atom. The van der Waals surface area contributed by atoms with Crippen LogP contribution in [0.5, 0.6) is 5.75 Å². The van der Waals surface area contributed by atoms with Crippen LogP contribution in [0.4, 0.5) is 11.4 Å². The van der Waals surface area contributed by atoms with Gasteiger partial charge >= 0.3 is 0 Å². The number of nitrogens with zero attached hydrogens (tertiary/aromatic N) is 1. The number of carbonyl (C=O) groups is 4. The molecule has 0 bridgehead atoms. The first kappa shape index (κ1) is 32.3. The second-order valence-electron chi connectivity index (χ2n) is 9.72. The number of methoxy groups -OCH3 is 1. The van der Waals surface area contributed by atoms with Gasteiger partial charge in [-0.3, -0.25) is 19.2 Å². The van der Waals surface area contributed by atoms with Gasteiger partial charge in [-0.25, -0.2) is 4.90 Å². The van der Waals surface area contributed by atoms with Gasteiger partial charge in [-0.15, -0.1) is 11.8 Å². The van der Waals surface area contributed by atoms with E-state index in [0.717, 1.165) is 9.37 Å². The van der Waals surface area contributed by atoms with Crippen molar-refractivity contribution in [3.63, 3.8) is 0 Å². The van der Waals surface area contributed by atoms with Crippen LogP contribution in [0.1, 0.15) is 22.3 Å². The first-order valence-electron chi connectivity index (χ1n) is 13.4. The van der Waals surface area contributed by atoms with Gasteiger partial charge in [0, 0.05) is 37.6 Å². The third kappa shape index (κ3) is 7.77. The summed E-state index contributed by atoms with van der Waals surface area (Å²) in [4.78, 5) is 54.4. The molecule has 8 nitrogen and oxygen atoms in total. The van der Waals surface area contributed by atoms with Crippen LogP contribution in [-0.4, -0.2) is 36.0 Å². The van der Waals surface area contributed by atoms with E-state index in [2.05, 4.69) is 26.6 Å². The van der Waals surface area contributed by atoms with E-state index in [1.807, 2.05) is 0 Å². The summed E-state index contributed by atoms with van der Waals surface area (Å²) in [5.41, 5.74) is 1.61. The fourth-order valence-electron chi connectivity index (χ4n) is 4.54. The normalized spacial score (nSPS) is 14.8. The quantitative estimate of drug-likeness (QED) is 0.136. The van der Waals surface area contributed by atoms with Crippen LogP contribution < -0.4 is 20.3 Å². The van der Waals surface area contributed by atoms with E-state index in [4.69, 9.17) is 27.9 Å². The Kier molecular flexibility index (Phi) is 10.3. The van der Waals surface area contributed by atoms with Crippen molar-refractivity contribution in [1.29, 1.82) is 0 Å². The number of thioether (sulfide) groups is 1. The van der Waals surface area contributed by atoms with Gasteiger partial charge in [0.15, 0.2) is 0 Å². The standard InChI is InChI=1S/C33H24BrCl2N3O5S/c1-44-28-13-10-21(34)14-20(28)15-26(38-31(41)19-6-3-2-4-7-19)32(42)37-23-8-5-9-24(17-23)45-29-18-30(40)39(33(29)43)27-12-11-22(35)16-25(27)36/h2-17,29H,18H2,1H3,(H,37,42)(H,38,41)/b26-15-/t29-/m0/s1. The number of amides is 4. The van der Waals surface area contributed by atoms with Gasteiger partial charge < -0.3 is 15.4 Å². The van der Waals surface area contributed by atoms with Crippen LogP contribution in [0, 0.1) is 0 Å². The highest BCUT2D eigenvalue weighted by atomic mass is 79.9. The molecule has 0 unspecified atom stereocenters. The smallest absolute Gasteiger partial charge is 0.272 e. The Morgan fingerprint density at radius 1 is 0.978 bits per heavy atom. The number of halogens is 3. The number of benzene rings is 4. The summed E-state index contributed by atoms with van der Waals surface area (Å²) in [6.45, 7) is 0. The zero-order valence-corrected chi connectivity index (χ0v) is 27.5. The van der Waals surface area contributed by atoms with E-state index < -0.39 is 23.0 Å². The number of nitrogens with one attached hydrogen (secondary N) is 2. The molecule has 5 rings (SSSR count). The van der Waals surface area contributed by atoms with E-state index >= 15 is 0 Å². The Bertz CT molecular complexity index is 1840. The number of hydrogen-bond acceptors (Lipinski definition) is 6. The van der Waals surface area contributed by atoms with Crippen LogP contribution in [0.2, 0.25) is 10.0 Å². The van der Waals surface area contributed by atoms with Crippen LogP contribution >= 0.6 is 50.9 Å². The number of anilines is 2. The fraction of sp³-hybridized carbons (Fsp3) is 0.0909. The molecule has 2 N–H and O–H groups in total. The van der Waals surface area contributed by atoms with Crippen LogP contribution in [-0.2, 0) is 14.4 Å². The molecule has 1 aliphatic heterocycles. The van der Waals surface area contributed by atoms with Crippen molar-refractivity contribution in [3.8, 4) is 5.75 Å². The molecular formula is C33H24BrCl2N3O5S. The average molecular weight is 725 g/mol. The molecule has 0 aromatic heterocycles. The topological polar surface area (TPSA) is 105 Å². The van der Waals surface area contributed by atoms with Crippen molar-refractivity contribution >= 4 is 92.0 Å². The van der Waals surface area contributed by atoms with E-state index in [0.29, 0.717) is 32.5 Å². The fourth-order valence-corrected chi connectivity index (χ4v) is 6.52. The zero-order valence-electron chi connectivity index (χ0n) is 23.6. The molecule has 4 aromatic carbocycles. The Morgan fingerprint density at radius 3 is 2.49 bits per heavy atom. The molecule has 1 heterocycles. The highest BCUT2D eigenvalue weighted by Crippen LogP contribution is 2.38. The van der Waals surface area contributed by atoms with Gasteiger partial charge in [-0.1, -0.05) is 63.4 Å². The SMILES string of the molecule is COc1ccc(Br)cc1/C=C(\NC(=O)c1ccccc1)C(=O)Nc1cccc(S[C@H]2CC(=O)N(c3ccc(Cl)cc3Cl)C2=O)c1. The van der Waals surface area contributed by atoms with Gasteiger partial charge in [0.2, 0.25) is 11.8 Å². The Balaban J connectivity index is 1.36. The minimum absolute atomic E-state index is 0.0219. The van der Waals surface area contributed by atoms with Crippen molar-refractivity contribution < 1.29 is 23.9 Å². The van der Waals surface area contributed by atoms with Gasteiger partial charge in [0.05, 0.1) is 23.1 Å². The molecule has 1 aliphatic rings. The van der Waals surface area contributed by atoms with E-state index in [-0.39, 0.29) is 28.7 Å². The first-order chi connectivity index (χ1) is 21.6. The molecule has 1 atom stereocenters. The van der Waals surface area contributed by atoms with E-state index in [9.17, 15) is 19.2 Å². The summed E-state index contributed by atoms with van der Waals surface area (Å²) in [5, 5.41) is 5.43. The average Bonchev–Trinajstić information content (AvgIpc) is 3.29. The zero-order chi connectivity index (χ0) is 32.1. The summed E-state index contributed by atoms with van der Waals surface area (Å²) in [6.07, 6.45) is 1.50. The lowest BCUT2D eigenvalue weighted by Gasteiger charge is -2.17. The molecule has 1 saturated heterocycles. The van der Waals surface area contributed by atoms with Crippen molar-refractivity contribution in [3.05, 3.63) is 122 Å². The number of ether oxygens (including phenoxy) is 1. The lowest BCUT2D eigenvalue weighted by molar-refractivity contribution is -0.121. The third-order valence-electron chi connectivity index (χ3n) is 6.65. The maximum atomic E-state index is 13.6. The van der Waals surface area contributed by atoms with Gasteiger partial charge in [-0.2, -0.15) is 0 Å². The molecule has 228 valence electrons. The Hall–Kier alpha value is -4.09. The number of rotatable bonds is 9. The lowest BCUT2D eigenvalue weighted by atomic mass is 10.1. The summed E-state index contributed by atoms with van der Waals surface area (Å²) in [5.74, 6) is -1.33. The van der Waals surface area contributed by atoms with Crippen LogP contribution in [0.25, 0.3) is 6.08 Å². The molecule has 0 spiro atoms. The minimum atomic E-state index is -0.695. The van der Waals surface area contributed by atoms with E-state index in [1.165, 1.54) is 37.1 Å². The maximum Gasteiger partial charge on any atom is 0.272 e. The summed E-state index contributed by atoms with van der Waals surface area (Å²) in [7, 11) is 1.51. The highest BCUT2D eigenvalue weighted by Gasteiger charge is 2.41. The predicted molar refractivity (Wildman–Crippen MR) is 181 cm³/mol. The maximum absolute atomic E-state index is 13.6. The third-order valence-corrected chi connectivity index (χ3v) is 8.86. The predicted octanol–water partition coefficient (Wildman–Crippen LogP) is 7.60. The summed E-state index contributed by atoms with van der Waals surface area (Å²) < 4.78 is 6.21. The van der Waals surface area contributed by atoms with Crippen molar-refractivity contribution in [2.24, 2.45) is 0 Å². The van der Waals surface area contributed by atoms with Gasteiger partial charge in [-0.05, 0) is 72.8 Å². The second-order valence-corrected chi connectivity index (χ2v) is 12.8. The molecular weight excluding hydrogens is 701 g/mol. The van der Waals surface area contributed by atoms with Crippen LogP contribution in [0.3, 0.4) is 0 Å². The lowest BCUT2D eigenvalue weighted by Crippen LogP contribution is -2.31. The molecule has 4 aromatic rings. The van der Waals surface area contributed by atoms with Crippen molar-refractivity contribution in [1.82, 2.24) is 5.32 Å². The van der Waals surface area contributed by atoms with Gasteiger partial charge in [0.25, 0.3) is 11.8 Å². The highest BCUT2D eigenvalue weighted by molar-refractivity contribution is 9.10. The first-order valence-corrected chi connectivity index (χ1v) is 15.9. The molecule has 0 saturated carbocycles. The van der Waals surface area contributed by atoms with Crippen LogP contribution in [0.15, 0.2) is 106 Å². The second kappa shape index (κ2) is 14.3. The number of carbonyl (C=O) groups excluding carboxylic acids is 4. The molecule has 4 amide bonds. The minimum Gasteiger partial charge on any atom is -0.496 e. The van der Waals surface area contributed by atoms with Crippen molar-refractivity contribution in [2.75, 3.05) is 17.3 Å². The molecule has 45 heavy (non-hydrogen) atoms. The monoisotopic (exact) mass is 723 g/mol. The summed E-state index contributed by atoms with van der Waals surface area (Å²) >= 11 is 16.9. The Labute approximate surface area is 281 Å². The molecule has 1 fully saturated rings. The van der Waals surface area contributed by atoms with Crippen molar-refractivity contribution in [2.45, 2.75) is 16.6 Å². The largest absolute Gasteiger partial charge is 0.496 e. The van der Waals surface area contributed by atoms with E-state index in [1.54, 1.807) is 78.9 Å². The molecule has 12 heteroatoms. The molecule has 0 radical (unpaired) electrons.